The molecule has 0 aromatic heterocycles. The van der Waals surface area contributed by atoms with Crippen LogP contribution in [0, 0.1) is 5.82 Å². The number of halogens is 1. The van der Waals surface area contributed by atoms with Gasteiger partial charge in [-0.05, 0) is 63.5 Å². The molecule has 2 nitrogen and oxygen atoms in total. The van der Waals surface area contributed by atoms with E-state index >= 15 is 0 Å². The van der Waals surface area contributed by atoms with Crippen molar-refractivity contribution >= 4 is 12.6 Å². The van der Waals surface area contributed by atoms with E-state index in [1.165, 1.54) is 6.42 Å². The molecule has 0 N–H and O–H groups in total. The highest BCUT2D eigenvalue weighted by Crippen LogP contribution is 2.39. The third-order valence-corrected chi connectivity index (χ3v) is 5.09. The summed E-state index contributed by atoms with van der Waals surface area (Å²) >= 11 is 0. The highest BCUT2D eigenvalue weighted by molar-refractivity contribution is 6.62. The maximum Gasteiger partial charge on any atom is 0.494 e. The Morgan fingerprint density at radius 1 is 1.10 bits per heavy atom. The van der Waals surface area contributed by atoms with Crippen LogP contribution in [0.5, 0.6) is 0 Å². The van der Waals surface area contributed by atoms with Crippen LogP contribution in [0.1, 0.15) is 58.4 Å². The van der Waals surface area contributed by atoms with Gasteiger partial charge in [0, 0.05) is 0 Å². The number of benzene rings is 1. The van der Waals surface area contributed by atoms with Gasteiger partial charge in [0.1, 0.15) is 5.82 Å². The molecule has 1 aliphatic heterocycles. The Morgan fingerprint density at radius 3 is 2.20 bits per heavy atom. The van der Waals surface area contributed by atoms with Gasteiger partial charge in [0.05, 0.1) is 11.2 Å². The summed E-state index contributed by atoms with van der Waals surface area (Å²) in [6.45, 7) is 8.12. The molecule has 0 atom stereocenters. The van der Waals surface area contributed by atoms with Gasteiger partial charge in [-0.1, -0.05) is 18.6 Å². The van der Waals surface area contributed by atoms with E-state index in [2.05, 4.69) is 0 Å². The molecule has 3 rings (SSSR count). The van der Waals surface area contributed by atoms with Crippen molar-refractivity contribution in [2.75, 3.05) is 0 Å². The highest BCUT2D eigenvalue weighted by atomic mass is 19.1. The summed E-state index contributed by atoms with van der Waals surface area (Å²) in [5.74, 6) is 0.271. The Morgan fingerprint density at radius 2 is 1.70 bits per heavy atom. The molecular weight excluding hydrogens is 254 g/mol. The summed E-state index contributed by atoms with van der Waals surface area (Å²) in [7, 11) is -0.403. The first kappa shape index (κ1) is 14.1. The molecule has 1 aliphatic carbocycles. The molecule has 20 heavy (non-hydrogen) atoms. The van der Waals surface area contributed by atoms with Crippen LogP contribution in [0.2, 0.25) is 0 Å². The van der Waals surface area contributed by atoms with E-state index in [0.29, 0.717) is 5.92 Å². The molecule has 0 spiro atoms. The summed E-state index contributed by atoms with van der Waals surface area (Å²) in [6.07, 6.45) is 3.37. The van der Waals surface area contributed by atoms with Gasteiger partial charge in [-0.3, -0.25) is 0 Å². The zero-order chi connectivity index (χ0) is 14.5. The Bertz CT molecular complexity index is 507. The molecule has 2 aliphatic rings. The van der Waals surface area contributed by atoms with Crippen LogP contribution in [0.25, 0.3) is 0 Å². The van der Waals surface area contributed by atoms with Crippen molar-refractivity contribution < 1.29 is 13.7 Å². The SMILES string of the molecule is CC1(C)OB(c2ccc(F)c(C3CCC3)c2)OC1(C)C. The van der Waals surface area contributed by atoms with E-state index in [9.17, 15) is 4.39 Å². The predicted molar refractivity (Wildman–Crippen MR) is 78.7 cm³/mol. The summed E-state index contributed by atoms with van der Waals surface area (Å²) < 4.78 is 26.0. The van der Waals surface area contributed by atoms with Gasteiger partial charge in [-0.15, -0.1) is 0 Å². The molecule has 2 fully saturated rings. The van der Waals surface area contributed by atoms with Crippen molar-refractivity contribution in [3.05, 3.63) is 29.6 Å². The van der Waals surface area contributed by atoms with Crippen LogP contribution in [0.3, 0.4) is 0 Å². The third-order valence-electron chi connectivity index (χ3n) is 5.09. The summed E-state index contributed by atoms with van der Waals surface area (Å²) in [4.78, 5) is 0. The minimum Gasteiger partial charge on any atom is -0.399 e. The molecule has 1 saturated heterocycles. The molecule has 0 unspecified atom stereocenters. The molecule has 1 aromatic rings. The van der Waals surface area contributed by atoms with Crippen LogP contribution in [0.4, 0.5) is 4.39 Å². The maximum absolute atomic E-state index is 14.0. The maximum atomic E-state index is 14.0. The molecule has 108 valence electrons. The highest BCUT2D eigenvalue weighted by Gasteiger charge is 2.51. The van der Waals surface area contributed by atoms with E-state index < -0.39 is 7.12 Å². The number of rotatable bonds is 2. The fourth-order valence-corrected chi connectivity index (χ4v) is 2.72. The molecule has 0 bridgehead atoms. The Kier molecular flexibility index (Phi) is 3.22. The molecule has 1 saturated carbocycles. The van der Waals surface area contributed by atoms with Gasteiger partial charge >= 0.3 is 7.12 Å². The van der Waals surface area contributed by atoms with E-state index in [4.69, 9.17) is 9.31 Å². The zero-order valence-electron chi connectivity index (χ0n) is 12.7. The average molecular weight is 276 g/mol. The normalized spacial score (nSPS) is 24.8. The second kappa shape index (κ2) is 4.57. The molecule has 0 amide bonds. The molecular formula is C16H22BFO2. The smallest absolute Gasteiger partial charge is 0.399 e. The number of hydrogen-bond acceptors (Lipinski definition) is 2. The van der Waals surface area contributed by atoms with Crippen molar-refractivity contribution in [2.45, 2.75) is 64.1 Å². The Labute approximate surface area is 120 Å². The quantitative estimate of drug-likeness (QED) is 0.771. The van der Waals surface area contributed by atoms with E-state index in [-0.39, 0.29) is 17.0 Å². The van der Waals surface area contributed by atoms with Gasteiger partial charge in [-0.25, -0.2) is 4.39 Å². The Balaban J connectivity index is 1.88. The van der Waals surface area contributed by atoms with Crippen molar-refractivity contribution in [3.8, 4) is 0 Å². The zero-order valence-corrected chi connectivity index (χ0v) is 12.7. The second-order valence-corrected chi connectivity index (χ2v) is 7.00. The fraction of sp³-hybridized carbons (Fsp3) is 0.625. The van der Waals surface area contributed by atoms with Gasteiger partial charge in [0.25, 0.3) is 0 Å². The molecule has 1 heterocycles. The Hall–Kier alpha value is -0.865. The van der Waals surface area contributed by atoms with Crippen molar-refractivity contribution in [1.82, 2.24) is 0 Å². The fourth-order valence-electron chi connectivity index (χ4n) is 2.72. The lowest BCUT2D eigenvalue weighted by Gasteiger charge is -2.32. The van der Waals surface area contributed by atoms with Crippen LogP contribution in [-0.2, 0) is 9.31 Å². The molecule has 4 heteroatoms. The summed E-state index contributed by atoms with van der Waals surface area (Å²) in [5, 5.41) is 0. The lowest BCUT2D eigenvalue weighted by atomic mass is 9.74. The summed E-state index contributed by atoms with van der Waals surface area (Å²) in [6, 6.07) is 5.26. The third kappa shape index (κ3) is 2.19. The minimum atomic E-state index is -0.403. The van der Waals surface area contributed by atoms with Gasteiger partial charge < -0.3 is 9.31 Å². The van der Waals surface area contributed by atoms with Crippen molar-refractivity contribution in [2.24, 2.45) is 0 Å². The van der Waals surface area contributed by atoms with Gasteiger partial charge in [0.15, 0.2) is 0 Å². The second-order valence-electron chi connectivity index (χ2n) is 7.00. The average Bonchev–Trinajstić information content (AvgIpc) is 2.49. The van der Waals surface area contributed by atoms with Crippen molar-refractivity contribution in [3.63, 3.8) is 0 Å². The first-order valence-electron chi connectivity index (χ1n) is 7.45. The first-order chi connectivity index (χ1) is 9.30. The number of hydrogen-bond donors (Lipinski definition) is 0. The minimum absolute atomic E-state index is 0.102. The largest absolute Gasteiger partial charge is 0.494 e. The molecule has 1 aromatic carbocycles. The van der Waals surface area contributed by atoms with Crippen molar-refractivity contribution in [1.29, 1.82) is 0 Å². The van der Waals surface area contributed by atoms with E-state index in [0.717, 1.165) is 23.9 Å². The predicted octanol–water partition coefficient (Wildman–Crippen LogP) is 3.39. The van der Waals surface area contributed by atoms with E-state index in [1.54, 1.807) is 12.1 Å². The summed E-state index contributed by atoms with van der Waals surface area (Å²) in [5.41, 5.74) is 1.03. The molecule has 0 radical (unpaired) electrons. The van der Waals surface area contributed by atoms with Crippen LogP contribution in [-0.4, -0.2) is 18.3 Å². The van der Waals surface area contributed by atoms with Gasteiger partial charge in [0.2, 0.25) is 0 Å². The lowest BCUT2D eigenvalue weighted by Crippen LogP contribution is -2.41. The van der Waals surface area contributed by atoms with Crippen LogP contribution < -0.4 is 5.46 Å². The topological polar surface area (TPSA) is 18.5 Å². The van der Waals surface area contributed by atoms with Crippen LogP contribution in [0.15, 0.2) is 18.2 Å². The van der Waals surface area contributed by atoms with E-state index in [1.807, 2.05) is 33.8 Å². The van der Waals surface area contributed by atoms with Crippen LogP contribution >= 0.6 is 0 Å². The standard InChI is InChI=1S/C16H22BFO2/c1-15(2)16(3,4)20-17(19-15)12-8-9-14(18)13(10-12)11-6-5-7-11/h8-11H,5-7H2,1-4H3. The lowest BCUT2D eigenvalue weighted by molar-refractivity contribution is 0.00578. The monoisotopic (exact) mass is 276 g/mol. The first-order valence-corrected chi connectivity index (χ1v) is 7.45. The van der Waals surface area contributed by atoms with Gasteiger partial charge in [-0.2, -0.15) is 0 Å².